The molecule has 0 unspecified atom stereocenters. The molecule has 0 aliphatic carbocycles. The molecule has 0 radical (unpaired) electrons. The van der Waals surface area contributed by atoms with Crippen molar-refractivity contribution in [2.24, 2.45) is 0 Å². The van der Waals surface area contributed by atoms with Crippen molar-refractivity contribution in [2.75, 3.05) is 44.7 Å². The molecule has 228 valence electrons. The van der Waals surface area contributed by atoms with Gasteiger partial charge in [0.2, 0.25) is 11.8 Å². The van der Waals surface area contributed by atoms with Gasteiger partial charge in [-0.1, -0.05) is 91.0 Å². The van der Waals surface area contributed by atoms with E-state index in [-0.39, 0.29) is 72.6 Å². The quantitative estimate of drug-likeness (QED) is 0.230. The number of carbonyl (C=O) groups is 3. The number of rotatable bonds is 12. The van der Waals surface area contributed by atoms with E-state index >= 15 is 0 Å². The summed E-state index contributed by atoms with van der Waals surface area (Å²) >= 11 is 0. The van der Waals surface area contributed by atoms with E-state index in [0.717, 1.165) is 5.56 Å². The number of carbonyl (C=O) groups excluding carboxylic acids is 2. The summed E-state index contributed by atoms with van der Waals surface area (Å²) in [6, 6.07) is 34.7. The van der Waals surface area contributed by atoms with E-state index in [1.807, 2.05) is 66.7 Å². The van der Waals surface area contributed by atoms with Gasteiger partial charge in [-0.25, -0.2) is 4.79 Å². The monoisotopic (exact) mass is 617 g/mol. The number of aromatic carboxylic acids is 1. The second-order valence-corrected chi connectivity index (χ2v) is 10.5. The Morgan fingerprint density at radius 1 is 0.756 bits per heavy atom. The van der Waals surface area contributed by atoms with Gasteiger partial charge in [0, 0.05) is 26.2 Å². The van der Waals surface area contributed by atoms with Crippen molar-refractivity contribution in [1.29, 1.82) is 0 Å². The molecule has 0 atom stereocenters. The normalized spacial score (nSPS) is 13.1. The Hall–Kier alpha value is -3.99. The number of benzene rings is 4. The van der Waals surface area contributed by atoms with Crippen LogP contribution in [-0.2, 0) is 20.9 Å². The molecular weight excluding hydrogens is 581 g/mol. The zero-order valence-corrected chi connectivity index (χ0v) is 24.3. The van der Waals surface area contributed by atoms with Gasteiger partial charge in [-0.05, 0) is 34.9 Å². The summed E-state index contributed by atoms with van der Waals surface area (Å²) in [5.74, 6) is -1.59. The molecule has 1 aliphatic heterocycles. The van der Waals surface area contributed by atoms with Crippen LogP contribution in [0.5, 0.6) is 5.75 Å². The van der Waals surface area contributed by atoms with Gasteiger partial charge < -0.3 is 24.8 Å². The van der Waals surface area contributed by atoms with E-state index in [9.17, 15) is 19.5 Å². The molecule has 0 saturated carbocycles. The fraction of sp³-hybridized carbons (Fsp3) is 0.229. The third-order valence-electron chi connectivity index (χ3n) is 7.47. The SMILES string of the molecule is O=C(COCC(=O)N1CCN(C(c2ccccc2)c2ccccc2)CC1)Nc1ccc(OCc2ccccc2)cc1C(=O)O.[NaH]. The van der Waals surface area contributed by atoms with Crippen LogP contribution < -0.4 is 10.1 Å². The first-order chi connectivity index (χ1) is 21.5. The van der Waals surface area contributed by atoms with E-state index in [1.165, 1.54) is 23.3 Å². The average Bonchev–Trinajstić information content (AvgIpc) is 3.06. The number of hydrogen-bond donors (Lipinski definition) is 2. The molecule has 1 saturated heterocycles. The van der Waals surface area contributed by atoms with Gasteiger partial charge in [0.05, 0.1) is 17.3 Å². The van der Waals surface area contributed by atoms with Crippen LogP contribution in [0.15, 0.2) is 109 Å². The van der Waals surface area contributed by atoms with Crippen molar-refractivity contribution in [1.82, 2.24) is 9.80 Å². The van der Waals surface area contributed by atoms with Crippen LogP contribution in [0.3, 0.4) is 0 Å². The number of hydrogen-bond acceptors (Lipinski definition) is 6. The molecule has 45 heavy (non-hydrogen) atoms. The molecule has 0 bridgehead atoms. The van der Waals surface area contributed by atoms with Gasteiger partial charge in [-0.15, -0.1) is 0 Å². The summed E-state index contributed by atoms with van der Waals surface area (Å²) in [6.07, 6.45) is 0. The van der Waals surface area contributed by atoms with Gasteiger partial charge in [0.15, 0.2) is 0 Å². The zero-order chi connectivity index (χ0) is 30.7. The number of nitrogens with zero attached hydrogens (tertiary/aromatic N) is 2. The van der Waals surface area contributed by atoms with Crippen molar-refractivity contribution in [3.8, 4) is 5.75 Å². The standard InChI is InChI=1S/C35H35N3O6.Na.H/c39-32(36-31-17-16-29(22-30(31)35(41)42)44-23-26-10-4-1-5-11-26)24-43-25-33(40)37-18-20-38(21-19-37)34(27-12-6-2-7-13-27)28-14-8-3-9-15-28;;/h1-17,22,34H,18-21,23-25H2,(H,36,39)(H,41,42);;. The summed E-state index contributed by atoms with van der Waals surface area (Å²) in [5, 5.41) is 12.2. The van der Waals surface area contributed by atoms with E-state index in [0.29, 0.717) is 31.9 Å². The van der Waals surface area contributed by atoms with Gasteiger partial charge in [0.1, 0.15) is 25.6 Å². The van der Waals surface area contributed by atoms with Crippen LogP contribution in [0.2, 0.25) is 0 Å². The van der Waals surface area contributed by atoms with E-state index in [4.69, 9.17) is 9.47 Å². The first kappa shape index (κ1) is 33.9. The third kappa shape index (κ3) is 9.50. The predicted molar refractivity (Wildman–Crippen MR) is 174 cm³/mol. The van der Waals surface area contributed by atoms with Gasteiger partial charge in [-0.3, -0.25) is 14.5 Å². The number of amides is 2. The van der Waals surface area contributed by atoms with E-state index in [2.05, 4.69) is 34.5 Å². The topological polar surface area (TPSA) is 108 Å². The van der Waals surface area contributed by atoms with Crippen molar-refractivity contribution < 1.29 is 29.0 Å². The summed E-state index contributed by atoms with van der Waals surface area (Å²) in [5.41, 5.74) is 3.36. The molecule has 5 rings (SSSR count). The molecular formula is C35H36N3NaO6. The first-order valence-corrected chi connectivity index (χ1v) is 14.5. The second-order valence-electron chi connectivity index (χ2n) is 10.5. The van der Waals surface area contributed by atoms with Crippen LogP contribution in [0.4, 0.5) is 5.69 Å². The molecule has 0 spiro atoms. The fourth-order valence-electron chi connectivity index (χ4n) is 5.26. The molecule has 0 aromatic heterocycles. The maximum atomic E-state index is 12.9. The van der Waals surface area contributed by atoms with Crippen LogP contribution >= 0.6 is 0 Å². The third-order valence-corrected chi connectivity index (χ3v) is 7.47. The number of anilines is 1. The van der Waals surface area contributed by atoms with E-state index < -0.39 is 11.9 Å². The number of carboxylic acid groups (broad SMARTS) is 1. The molecule has 2 N–H and O–H groups in total. The summed E-state index contributed by atoms with van der Waals surface area (Å²) in [4.78, 5) is 41.4. The van der Waals surface area contributed by atoms with Crippen LogP contribution in [0.1, 0.15) is 33.1 Å². The molecule has 10 heteroatoms. The van der Waals surface area contributed by atoms with Crippen molar-refractivity contribution >= 4 is 53.0 Å². The number of ether oxygens (including phenoxy) is 2. The zero-order valence-electron chi connectivity index (χ0n) is 24.3. The molecule has 4 aromatic rings. The van der Waals surface area contributed by atoms with Gasteiger partial charge in [0.25, 0.3) is 0 Å². The Morgan fingerprint density at radius 2 is 1.33 bits per heavy atom. The summed E-state index contributed by atoms with van der Waals surface area (Å²) in [6.45, 7) is 2.14. The summed E-state index contributed by atoms with van der Waals surface area (Å²) in [7, 11) is 0. The molecule has 1 fully saturated rings. The summed E-state index contributed by atoms with van der Waals surface area (Å²) < 4.78 is 11.1. The Balaban J connectivity index is 0.00000461. The molecule has 4 aromatic carbocycles. The Bertz CT molecular complexity index is 1510. The van der Waals surface area contributed by atoms with Crippen molar-refractivity contribution in [3.05, 3.63) is 131 Å². The fourth-order valence-corrected chi connectivity index (χ4v) is 5.26. The number of piperazine rings is 1. The minimum atomic E-state index is -1.21. The van der Waals surface area contributed by atoms with Crippen LogP contribution in [0, 0.1) is 0 Å². The molecule has 1 aliphatic rings. The Kier molecular flexibility index (Phi) is 12.7. The van der Waals surface area contributed by atoms with Crippen molar-refractivity contribution in [2.45, 2.75) is 12.6 Å². The average molecular weight is 618 g/mol. The Morgan fingerprint density at radius 3 is 1.91 bits per heavy atom. The molecule has 2 amide bonds. The Labute approximate surface area is 285 Å². The number of nitrogens with one attached hydrogen (secondary N) is 1. The second kappa shape index (κ2) is 16.9. The van der Waals surface area contributed by atoms with Crippen LogP contribution in [-0.4, -0.2) is 102 Å². The van der Waals surface area contributed by atoms with E-state index in [1.54, 1.807) is 11.0 Å². The molecule has 1 heterocycles. The van der Waals surface area contributed by atoms with Crippen LogP contribution in [0.25, 0.3) is 0 Å². The number of carboxylic acids is 1. The minimum absolute atomic E-state index is 0. The van der Waals surface area contributed by atoms with Gasteiger partial charge >= 0.3 is 35.5 Å². The molecule has 9 nitrogen and oxygen atoms in total. The van der Waals surface area contributed by atoms with Crippen molar-refractivity contribution in [3.63, 3.8) is 0 Å². The van der Waals surface area contributed by atoms with Gasteiger partial charge in [-0.2, -0.15) is 0 Å². The predicted octanol–water partition coefficient (Wildman–Crippen LogP) is 4.20. The first-order valence-electron chi connectivity index (χ1n) is 14.5. The maximum absolute atomic E-state index is 12.9.